The largest absolute Gasteiger partial charge is 0.387 e. The highest BCUT2D eigenvalue weighted by Gasteiger charge is 2.48. The van der Waals surface area contributed by atoms with Crippen molar-refractivity contribution in [3.8, 4) is 0 Å². The average Bonchev–Trinajstić information content (AvgIpc) is 2.82. The van der Waals surface area contributed by atoms with E-state index >= 15 is 0 Å². The molecule has 144 valence electrons. The van der Waals surface area contributed by atoms with Crippen LogP contribution in [0.3, 0.4) is 0 Å². The van der Waals surface area contributed by atoms with Crippen LogP contribution in [-0.2, 0) is 5.41 Å². The first-order chi connectivity index (χ1) is 14.2. The number of benzene rings is 4. The summed E-state index contributed by atoms with van der Waals surface area (Å²) in [5.41, 5.74) is 2.16. The summed E-state index contributed by atoms with van der Waals surface area (Å²) in [6.07, 6.45) is -1.91. The van der Waals surface area contributed by atoms with Gasteiger partial charge in [0.15, 0.2) is 0 Å². The summed E-state index contributed by atoms with van der Waals surface area (Å²) in [5, 5.41) is 23.6. The van der Waals surface area contributed by atoms with Crippen molar-refractivity contribution in [2.45, 2.75) is 17.6 Å². The zero-order chi connectivity index (χ0) is 20.1. The Morgan fingerprint density at radius 1 is 0.414 bits per heavy atom. The molecule has 0 aromatic heterocycles. The number of aliphatic hydroxyl groups is 2. The number of hydrogen-bond donors (Lipinski definition) is 2. The number of aliphatic hydroxyl groups excluding tert-OH is 2. The molecule has 0 amide bonds. The Morgan fingerprint density at radius 3 is 1.00 bits per heavy atom. The molecule has 29 heavy (non-hydrogen) atoms. The van der Waals surface area contributed by atoms with Gasteiger partial charge in [-0.1, -0.05) is 121 Å². The van der Waals surface area contributed by atoms with Crippen LogP contribution in [0.1, 0.15) is 34.5 Å². The molecular weight excluding hydrogens is 356 g/mol. The lowest BCUT2D eigenvalue weighted by Crippen LogP contribution is -2.41. The van der Waals surface area contributed by atoms with Crippen molar-refractivity contribution >= 4 is 0 Å². The SMILES string of the molecule is OC(c1ccccc1)C(c1ccccc1)(c1ccccc1)C(O)c1ccccc1. The molecule has 4 aromatic carbocycles. The van der Waals surface area contributed by atoms with Crippen LogP contribution in [0.15, 0.2) is 121 Å². The predicted molar refractivity (Wildman–Crippen MR) is 116 cm³/mol. The van der Waals surface area contributed by atoms with Gasteiger partial charge >= 0.3 is 0 Å². The van der Waals surface area contributed by atoms with Crippen molar-refractivity contribution in [1.29, 1.82) is 0 Å². The molecule has 2 heteroatoms. The molecule has 2 atom stereocenters. The summed E-state index contributed by atoms with van der Waals surface area (Å²) in [7, 11) is 0. The molecule has 0 saturated heterocycles. The van der Waals surface area contributed by atoms with Gasteiger partial charge in [-0.05, 0) is 22.3 Å². The van der Waals surface area contributed by atoms with E-state index in [0.717, 1.165) is 22.3 Å². The van der Waals surface area contributed by atoms with Gasteiger partial charge in [0, 0.05) is 0 Å². The van der Waals surface area contributed by atoms with E-state index in [1.54, 1.807) is 0 Å². The molecule has 0 spiro atoms. The summed E-state index contributed by atoms with van der Waals surface area (Å²) in [4.78, 5) is 0. The lowest BCUT2D eigenvalue weighted by molar-refractivity contribution is 0.00298. The molecule has 4 rings (SSSR count). The second-order valence-electron chi connectivity index (χ2n) is 7.23. The molecule has 0 saturated carbocycles. The fraction of sp³-hybridized carbons (Fsp3) is 0.111. The molecule has 0 aliphatic rings. The van der Waals surface area contributed by atoms with Crippen LogP contribution in [0.2, 0.25) is 0 Å². The van der Waals surface area contributed by atoms with Gasteiger partial charge in [0.1, 0.15) is 0 Å². The zero-order valence-corrected chi connectivity index (χ0v) is 16.1. The van der Waals surface area contributed by atoms with E-state index in [-0.39, 0.29) is 0 Å². The molecule has 2 unspecified atom stereocenters. The molecular formula is C27H24O2. The normalized spacial score (nSPS) is 13.6. The minimum atomic E-state index is -1.08. The van der Waals surface area contributed by atoms with E-state index in [2.05, 4.69) is 0 Å². The predicted octanol–water partition coefficient (Wildman–Crippen LogP) is 5.44. The van der Waals surface area contributed by atoms with Crippen LogP contribution in [-0.4, -0.2) is 10.2 Å². The third kappa shape index (κ3) is 3.49. The summed E-state index contributed by atoms with van der Waals surface area (Å²) in [6.45, 7) is 0. The van der Waals surface area contributed by atoms with Gasteiger partial charge in [-0.15, -0.1) is 0 Å². The Kier molecular flexibility index (Phi) is 5.57. The zero-order valence-electron chi connectivity index (χ0n) is 16.1. The van der Waals surface area contributed by atoms with Crippen LogP contribution in [0.25, 0.3) is 0 Å². The van der Waals surface area contributed by atoms with E-state index < -0.39 is 17.6 Å². The Morgan fingerprint density at radius 2 is 0.690 bits per heavy atom. The Hall–Kier alpha value is -3.20. The molecule has 0 heterocycles. The van der Waals surface area contributed by atoms with Gasteiger partial charge < -0.3 is 10.2 Å². The molecule has 4 aromatic rings. The van der Waals surface area contributed by atoms with Crippen molar-refractivity contribution in [2.24, 2.45) is 0 Å². The standard InChI is InChI=1S/C27H24O2/c28-25(21-13-5-1-6-14-21)27(23-17-9-3-10-18-23,24-19-11-4-12-20-24)26(29)22-15-7-2-8-16-22/h1-20,25-26,28-29H. The molecule has 2 nitrogen and oxygen atoms in total. The second-order valence-corrected chi connectivity index (χ2v) is 7.23. The summed E-state index contributed by atoms with van der Waals surface area (Å²) in [5.74, 6) is 0. The number of rotatable bonds is 6. The van der Waals surface area contributed by atoms with E-state index in [4.69, 9.17) is 0 Å². The summed E-state index contributed by atoms with van der Waals surface area (Å²) < 4.78 is 0. The van der Waals surface area contributed by atoms with Gasteiger partial charge in [-0.2, -0.15) is 0 Å². The highest BCUT2D eigenvalue weighted by molar-refractivity contribution is 5.47. The maximum Gasteiger partial charge on any atom is 0.0955 e. The third-order valence-corrected chi connectivity index (χ3v) is 5.60. The van der Waals surface area contributed by atoms with Crippen LogP contribution >= 0.6 is 0 Å². The lowest BCUT2D eigenvalue weighted by atomic mass is 9.63. The highest BCUT2D eigenvalue weighted by atomic mass is 16.3. The third-order valence-electron chi connectivity index (χ3n) is 5.60. The smallest absolute Gasteiger partial charge is 0.0955 e. The summed E-state index contributed by atoms with van der Waals surface area (Å²) in [6, 6.07) is 38.7. The van der Waals surface area contributed by atoms with Crippen molar-refractivity contribution in [2.75, 3.05) is 0 Å². The van der Waals surface area contributed by atoms with E-state index in [0.29, 0.717) is 0 Å². The molecule has 0 fully saturated rings. The van der Waals surface area contributed by atoms with Crippen molar-refractivity contribution < 1.29 is 10.2 Å². The first-order valence-corrected chi connectivity index (χ1v) is 9.81. The van der Waals surface area contributed by atoms with Crippen LogP contribution in [0.4, 0.5) is 0 Å². The van der Waals surface area contributed by atoms with E-state index in [1.165, 1.54) is 0 Å². The second kappa shape index (κ2) is 8.44. The maximum atomic E-state index is 11.8. The van der Waals surface area contributed by atoms with Gasteiger partial charge in [-0.25, -0.2) is 0 Å². The Labute approximate surface area is 171 Å². The summed E-state index contributed by atoms with van der Waals surface area (Å²) >= 11 is 0. The number of hydrogen-bond acceptors (Lipinski definition) is 2. The first-order valence-electron chi connectivity index (χ1n) is 9.81. The molecule has 0 aliphatic carbocycles. The minimum absolute atomic E-state index is 0.759. The minimum Gasteiger partial charge on any atom is -0.387 e. The quantitative estimate of drug-likeness (QED) is 0.468. The van der Waals surface area contributed by atoms with Gasteiger partial charge in [0.05, 0.1) is 17.6 Å². The van der Waals surface area contributed by atoms with Gasteiger partial charge in [0.25, 0.3) is 0 Å². The van der Waals surface area contributed by atoms with Crippen molar-refractivity contribution in [3.05, 3.63) is 144 Å². The molecule has 0 aliphatic heterocycles. The van der Waals surface area contributed by atoms with Crippen LogP contribution in [0, 0.1) is 0 Å². The Bertz CT molecular complexity index is 928. The molecule has 0 bridgehead atoms. The van der Waals surface area contributed by atoms with E-state index in [9.17, 15) is 10.2 Å². The van der Waals surface area contributed by atoms with Crippen LogP contribution < -0.4 is 0 Å². The van der Waals surface area contributed by atoms with Crippen molar-refractivity contribution in [1.82, 2.24) is 0 Å². The maximum absolute atomic E-state index is 11.8. The lowest BCUT2D eigenvalue weighted by Gasteiger charge is -2.43. The fourth-order valence-corrected chi connectivity index (χ4v) is 4.17. The first kappa shape index (κ1) is 19.1. The van der Waals surface area contributed by atoms with Crippen LogP contribution in [0.5, 0.6) is 0 Å². The van der Waals surface area contributed by atoms with Crippen molar-refractivity contribution in [3.63, 3.8) is 0 Å². The Balaban J connectivity index is 2.03. The average molecular weight is 380 g/mol. The molecule has 0 radical (unpaired) electrons. The fourth-order valence-electron chi connectivity index (χ4n) is 4.17. The van der Waals surface area contributed by atoms with Gasteiger partial charge in [-0.3, -0.25) is 0 Å². The van der Waals surface area contributed by atoms with E-state index in [1.807, 2.05) is 121 Å². The topological polar surface area (TPSA) is 40.5 Å². The molecule has 2 N–H and O–H groups in total. The van der Waals surface area contributed by atoms with Gasteiger partial charge in [0.2, 0.25) is 0 Å². The highest BCUT2D eigenvalue weighted by Crippen LogP contribution is 2.51. The monoisotopic (exact) mass is 380 g/mol.